The quantitative estimate of drug-likeness (QED) is 0.719. The van der Waals surface area contributed by atoms with Crippen molar-refractivity contribution in [3.63, 3.8) is 0 Å². The molecule has 0 saturated carbocycles. The van der Waals surface area contributed by atoms with Crippen LogP contribution in [0.25, 0.3) is 11.1 Å². The Hall–Kier alpha value is -3.35. The molecule has 2 aromatic rings. The normalized spacial score (nSPS) is 11.9. The van der Waals surface area contributed by atoms with Crippen LogP contribution in [0.3, 0.4) is 0 Å². The summed E-state index contributed by atoms with van der Waals surface area (Å²) in [5.41, 5.74) is 4.54. The van der Waals surface area contributed by atoms with Crippen LogP contribution in [0, 0.1) is 0 Å². The number of amides is 3. The minimum Gasteiger partial charge on any atom is -0.449 e. The molecule has 27 heavy (non-hydrogen) atoms. The summed E-state index contributed by atoms with van der Waals surface area (Å²) in [6.07, 6.45) is -0.674. The Labute approximate surface area is 157 Å². The van der Waals surface area contributed by atoms with Crippen molar-refractivity contribution in [2.75, 3.05) is 26.7 Å². The van der Waals surface area contributed by atoms with Crippen LogP contribution in [0.4, 0.5) is 4.79 Å². The second-order valence-electron chi connectivity index (χ2n) is 6.13. The predicted molar refractivity (Wildman–Crippen MR) is 100 cm³/mol. The second kappa shape index (κ2) is 8.35. The van der Waals surface area contributed by atoms with Crippen molar-refractivity contribution in [3.8, 4) is 11.1 Å². The maximum atomic E-state index is 11.9. The molecule has 7 nitrogen and oxygen atoms in total. The Morgan fingerprint density at radius 2 is 1.41 bits per heavy atom. The largest absolute Gasteiger partial charge is 0.449 e. The minimum atomic E-state index is -0.674. The lowest BCUT2D eigenvalue weighted by Gasteiger charge is -2.14. The first kappa shape index (κ1) is 18.4. The lowest BCUT2D eigenvalue weighted by Crippen LogP contribution is -2.41. The summed E-state index contributed by atoms with van der Waals surface area (Å²) in [7, 11) is 1.48. The molecule has 7 heteroatoms. The van der Waals surface area contributed by atoms with E-state index in [2.05, 4.69) is 28.1 Å². The van der Waals surface area contributed by atoms with E-state index < -0.39 is 12.0 Å². The molecule has 2 aromatic carbocycles. The molecule has 0 unspecified atom stereocenters. The van der Waals surface area contributed by atoms with Crippen molar-refractivity contribution >= 4 is 17.9 Å². The number of nitrogens with one attached hydrogen (secondary N) is 3. The smallest absolute Gasteiger partial charge is 0.407 e. The maximum absolute atomic E-state index is 11.9. The first-order valence-electron chi connectivity index (χ1n) is 8.66. The Kier molecular flexibility index (Phi) is 5.71. The van der Waals surface area contributed by atoms with Gasteiger partial charge in [0.15, 0.2) is 0 Å². The molecule has 1 aliphatic carbocycles. The SMILES string of the molecule is CNC(=O)CNC(=O)CNC(=O)OCC1c2ccccc2-c2ccccc21. The first-order valence-corrected chi connectivity index (χ1v) is 8.66. The predicted octanol–water partition coefficient (Wildman–Crippen LogP) is 1.39. The molecule has 0 heterocycles. The number of alkyl carbamates (subject to hydrolysis) is 1. The standard InChI is InChI=1S/C20H21N3O4/c1-21-18(24)10-22-19(25)11-23-20(26)27-12-17-15-8-4-2-6-13(15)14-7-3-5-9-16(14)17/h2-9,17H,10-12H2,1H3,(H,21,24)(H,22,25)(H,23,26). The summed E-state index contributed by atoms with van der Waals surface area (Å²) < 4.78 is 5.33. The van der Waals surface area contributed by atoms with Crippen molar-refractivity contribution in [1.29, 1.82) is 0 Å². The van der Waals surface area contributed by atoms with Gasteiger partial charge in [-0.25, -0.2) is 4.79 Å². The van der Waals surface area contributed by atoms with Crippen LogP contribution in [0.2, 0.25) is 0 Å². The fourth-order valence-electron chi connectivity index (χ4n) is 3.13. The third kappa shape index (κ3) is 4.25. The van der Waals surface area contributed by atoms with Gasteiger partial charge in [0.05, 0.1) is 6.54 Å². The molecule has 140 valence electrons. The number of benzene rings is 2. The first-order chi connectivity index (χ1) is 13.1. The van der Waals surface area contributed by atoms with Crippen molar-refractivity contribution < 1.29 is 19.1 Å². The summed E-state index contributed by atoms with van der Waals surface area (Å²) in [4.78, 5) is 34.6. The Bertz CT molecular complexity index is 820. The molecule has 0 radical (unpaired) electrons. The number of carbonyl (C=O) groups excluding carboxylic acids is 3. The topological polar surface area (TPSA) is 96.5 Å². The highest BCUT2D eigenvalue weighted by atomic mass is 16.5. The van der Waals surface area contributed by atoms with E-state index in [9.17, 15) is 14.4 Å². The van der Waals surface area contributed by atoms with E-state index >= 15 is 0 Å². The average Bonchev–Trinajstić information content (AvgIpc) is 3.02. The van der Waals surface area contributed by atoms with Crippen LogP contribution in [0.5, 0.6) is 0 Å². The molecule has 0 aliphatic heterocycles. The van der Waals surface area contributed by atoms with Crippen LogP contribution < -0.4 is 16.0 Å². The maximum Gasteiger partial charge on any atom is 0.407 e. The van der Waals surface area contributed by atoms with E-state index in [1.54, 1.807) is 0 Å². The minimum absolute atomic E-state index is 0.0368. The fourth-order valence-corrected chi connectivity index (χ4v) is 3.13. The van der Waals surface area contributed by atoms with Gasteiger partial charge >= 0.3 is 6.09 Å². The zero-order valence-electron chi connectivity index (χ0n) is 15.0. The highest BCUT2D eigenvalue weighted by molar-refractivity contribution is 5.87. The zero-order chi connectivity index (χ0) is 19.2. The van der Waals surface area contributed by atoms with Gasteiger partial charge < -0.3 is 20.7 Å². The van der Waals surface area contributed by atoms with E-state index in [-0.39, 0.29) is 31.5 Å². The summed E-state index contributed by atoms with van der Waals surface area (Å²) in [6.45, 7) is -0.213. The number of likely N-dealkylation sites (N-methyl/N-ethyl adjacent to an activating group) is 1. The van der Waals surface area contributed by atoms with Gasteiger partial charge in [0.25, 0.3) is 0 Å². The summed E-state index contributed by atoms with van der Waals surface area (Å²) in [6, 6.07) is 16.1. The number of hydrogen-bond acceptors (Lipinski definition) is 4. The van der Waals surface area contributed by atoms with Crippen molar-refractivity contribution in [3.05, 3.63) is 59.7 Å². The average molecular weight is 367 g/mol. The van der Waals surface area contributed by atoms with Crippen LogP contribution in [0.15, 0.2) is 48.5 Å². The van der Waals surface area contributed by atoms with E-state index in [0.717, 1.165) is 22.3 Å². The molecule has 1 aliphatic rings. The van der Waals surface area contributed by atoms with Crippen LogP contribution in [-0.4, -0.2) is 44.7 Å². The van der Waals surface area contributed by atoms with Gasteiger partial charge in [-0.2, -0.15) is 0 Å². The number of rotatable bonds is 6. The van der Waals surface area contributed by atoms with Gasteiger partial charge in [-0.3, -0.25) is 9.59 Å². The van der Waals surface area contributed by atoms with Gasteiger partial charge in [-0.15, -0.1) is 0 Å². The third-order valence-electron chi connectivity index (χ3n) is 4.46. The van der Waals surface area contributed by atoms with Gasteiger partial charge in [-0.05, 0) is 22.3 Å². The molecule has 0 spiro atoms. The molecule has 0 fully saturated rings. The molecule has 0 atom stereocenters. The summed E-state index contributed by atoms with van der Waals surface area (Å²) in [5, 5.41) is 7.17. The number of hydrogen-bond donors (Lipinski definition) is 3. The molecule has 3 N–H and O–H groups in total. The molecular weight excluding hydrogens is 346 g/mol. The van der Waals surface area contributed by atoms with E-state index in [4.69, 9.17) is 4.74 Å². The van der Waals surface area contributed by atoms with E-state index in [1.807, 2.05) is 36.4 Å². The summed E-state index contributed by atoms with van der Waals surface area (Å²) in [5.74, 6) is -0.818. The highest BCUT2D eigenvalue weighted by Gasteiger charge is 2.28. The molecule has 0 saturated heterocycles. The van der Waals surface area contributed by atoms with Crippen LogP contribution in [0.1, 0.15) is 17.0 Å². The molecule has 3 amide bonds. The highest BCUT2D eigenvalue weighted by Crippen LogP contribution is 2.44. The van der Waals surface area contributed by atoms with Gasteiger partial charge in [-0.1, -0.05) is 48.5 Å². The van der Waals surface area contributed by atoms with Gasteiger partial charge in [0, 0.05) is 13.0 Å². The Balaban J connectivity index is 1.54. The van der Waals surface area contributed by atoms with Crippen LogP contribution in [-0.2, 0) is 14.3 Å². The van der Waals surface area contributed by atoms with E-state index in [1.165, 1.54) is 7.05 Å². The zero-order valence-corrected chi connectivity index (χ0v) is 15.0. The summed E-state index contributed by atoms with van der Waals surface area (Å²) >= 11 is 0. The van der Waals surface area contributed by atoms with Crippen LogP contribution >= 0.6 is 0 Å². The lowest BCUT2D eigenvalue weighted by molar-refractivity contribution is -0.125. The number of carbonyl (C=O) groups is 3. The molecule has 3 rings (SSSR count). The van der Waals surface area contributed by atoms with E-state index in [0.29, 0.717) is 0 Å². The second-order valence-corrected chi connectivity index (χ2v) is 6.13. The van der Waals surface area contributed by atoms with Gasteiger partial charge in [0.2, 0.25) is 11.8 Å². The van der Waals surface area contributed by atoms with Crippen molar-refractivity contribution in [2.24, 2.45) is 0 Å². The Morgan fingerprint density at radius 3 is 2.00 bits per heavy atom. The third-order valence-corrected chi connectivity index (χ3v) is 4.46. The number of fused-ring (bicyclic) bond motifs is 3. The van der Waals surface area contributed by atoms with Crippen molar-refractivity contribution in [2.45, 2.75) is 5.92 Å². The van der Waals surface area contributed by atoms with Gasteiger partial charge in [0.1, 0.15) is 13.2 Å². The molecular formula is C20H21N3O4. The molecule has 0 bridgehead atoms. The lowest BCUT2D eigenvalue weighted by atomic mass is 9.98. The Morgan fingerprint density at radius 1 is 0.852 bits per heavy atom. The van der Waals surface area contributed by atoms with Crippen molar-refractivity contribution in [1.82, 2.24) is 16.0 Å². The number of ether oxygens (including phenoxy) is 1. The molecule has 0 aromatic heterocycles. The fraction of sp³-hybridized carbons (Fsp3) is 0.250. The monoisotopic (exact) mass is 367 g/mol.